The van der Waals surface area contributed by atoms with Crippen molar-refractivity contribution in [2.24, 2.45) is 17.3 Å². The van der Waals surface area contributed by atoms with Gasteiger partial charge in [0.05, 0.1) is 0 Å². The van der Waals surface area contributed by atoms with Crippen molar-refractivity contribution >= 4 is 0 Å². The third kappa shape index (κ3) is 1.60. The minimum absolute atomic E-state index is 0. The summed E-state index contributed by atoms with van der Waals surface area (Å²) in [4.78, 5) is 0. The van der Waals surface area contributed by atoms with Gasteiger partial charge in [0.25, 0.3) is 0 Å². The number of rotatable bonds is 0. The average Bonchev–Trinajstić information content (AvgIpc) is 2.62. The Hall–Kier alpha value is 0. The van der Waals surface area contributed by atoms with Crippen molar-refractivity contribution in [2.75, 3.05) is 0 Å². The maximum absolute atomic E-state index is 2.43. The van der Waals surface area contributed by atoms with E-state index in [0.717, 1.165) is 17.3 Å². The molecule has 11 heavy (non-hydrogen) atoms. The summed E-state index contributed by atoms with van der Waals surface area (Å²) >= 11 is 0. The summed E-state index contributed by atoms with van der Waals surface area (Å²) in [6.45, 7) is 4.85. The van der Waals surface area contributed by atoms with Gasteiger partial charge in [-0.15, -0.1) is 0 Å². The van der Waals surface area contributed by atoms with Crippen molar-refractivity contribution in [1.82, 2.24) is 0 Å². The fourth-order valence-corrected chi connectivity index (χ4v) is 2.44. The number of hydrogen-bond donors (Lipinski definition) is 0. The van der Waals surface area contributed by atoms with Crippen LogP contribution in [0, 0.1) is 17.3 Å². The second-order valence-electron chi connectivity index (χ2n) is 4.70. The first-order chi connectivity index (χ1) is 4.72. The SMILES string of the molecule is C.CC1CCC2(CC2)CC1C. The summed E-state index contributed by atoms with van der Waals surface area (Å²) in [5.74, 6) is 2.02. The molecule has 0 aromatic carbocycles. The van der Waals surface area contributed by atoms with E-state index in [9.17, 15) is 0 Å². The van der Waals surface area contributed by atoms with E-state index in [2.05, 4.69) is 13.8 Å². The number of hydrogen-bond acceptors (Lipinski definition) is 0. The molecule has 2 aliphatic carbocycles. The second-order valence-corrected chi connectivity index (χ2v) is 4.70. The van der Waals surface area contributed by atoms with E-state index in [1.807, 2.05) is 0 Å². The Morgan fingerprint density at radius 1 is 1.00 bits per heavy atom. The van der Waals surface area contributed by atoms with Gasteiger partial charge in [-0.3, -0.25) is 0 Å². The molecule has 0 heterocycles. The van der Waals surface area contributed by atoms with Gasteiger partial charge in [0.15, 0.2) is 0 Å². The largest absolute Gasteiger partial charge is 0.0776 e. The van der Waals surface area contributed by atoms with Crippen LogP contribution in [0.2, 0.25) is 0 Å². The van der Waals surface area contributed by atoms with Gasteiger partial charge in [-0.25, -0.2) is 0 Å². The maximum Gasteiger partial charge on any atom is -0.0294 e. The Bertz CT molecular complexity index is 133. The van der Waals surface area contributed by atoms with Crippen molar-refractivity contribution in [2.45, 2.75) is 53.4 Å². The predicted molar refractivity (Wildman–Crippen MR) is 50.6 cm³/mol. The zero-order valence-corrected chi connectivity index (χ0v) is 7.19. The highest BCUT2D eigenvalue weighted by Gasteiger charge is 2.46. The van der Waals surface area contributed by atoms with Crippen LogP contribution in [0.4, 0.5) is 0 Å². The van der Waals surface area contributed by atoms with Crippen LogP contribution in [0.5, 0.6) is 0 Å². The minimum Gasteiger partial charge on any atom is -0.0776 e. The lowest BCUT2D eigenvalue weighted by Crippen LogP contribution is -2.21. The topological polar surface area (TPSA) is 0 Å². The highest BCUT2D eigenvalue weighted by Crippen LogP contribution is 2.58. The summed E-state index contributed by atoms with van der Waals surface area (Å²) in [7, 11) is 0. The molecule has 0 saturated heterocycles. The van der Waals surface area contributed by atoms with Gasteiger partial charge < -0.3 is 0 Å². The van der Waals surface area contributed by atoms with Crippen LogP contribution in [0.25, 0.3) is 0 Å². The van der Waals surface area contributed by atoms with Crippen LogP contribution in [-0.4, -0.2) is 0 Å². The molecule has 0 N–H and O–H groups in total. The Morgan fingerprint density at radius 2 is 1.64 bits per heavy atom. The molecule has 0 aromatic heterocycles. The highest BCUT2D eigenvalue weighted by molar-refractivity contribution is 4.97. The monoisotopic (exact) mass is 154 g/mol. The van der Waals surface area contributed by atoms with Gasteiger partial charge in [0.2, 0.25) is 0 Å². The van der Waals surface area contributed by atoms with Gasteiger partial charge >= 0.3 is 0 Å². The molecule has 2 unspecified atom stereocenters. The average molecular weight is 154 g/mol. The highest BCUT2D eigenvalue weighted by atomic mass is 14.5. The summed E-state index contributed by atoms with van der Waals surface area (Å²) in [5, 5.41) is 0. The van der Waals surface area contributed by atoms with Crippen molar-refractivity contribution in [3.8, 4) is 0 Å². The van der Waals surface area contributed by atoms with E-state index in [4.69, 9.17) is 0 Å². The molecular formula is C11H22. The summed E-state index contributed by atoms with van der Waals surface area (Å²) in [5.41, 5.74) is 0.881. The van der Waals surface area contributed by atoms with Crippen molar-refractivity contribution in [1.29, 1.82) is 0 Å². The van der Waals surface area contributed by atoms with Gasteiger partial charge in [-0.05, 0) is 49.4 Å². The second kappa shape index (κ2) is 2.80. The van der Waals surface area contributed by atoms with Crippen LogP contribution >= 0.6 is 0 Å². The first-order valence-electron chi connectivity index (χ1n) is 4.72. The third-order valence-corrected chi connectivity index (χ3v) is 3.81. The van der Waals surface area contributed by atoms with E-state index in [1.54, 1.807) is 19.3 Å². The first kappa shape index (κ1) is 9.09. The quantitative estimate of drug-likeness (QED) is 0.497. The smallest absolute Gasteiger partial charge is 0.0294 e. The van der Waals surface area contributed by atoms with E-state index >= 15 is 0 Å². The molecular weight excluding hydrogens is 132 g/mol. The van der Waals surface area contributed by atoms with Gasteiger partial charge in [0, 0.05) is 0 Å². The van der Waals surface area contributed by atoms with Crippen LogP contribution in [0.15, 0.2) is 0 Å². The van der Waals surface area contributed by atoms with Crippen LogP contribution < -0.4 is 0 Å². The molecule has 0 bridgehead atoms. The van der Waals surface area contributed by atoms with Gasteiger partial charge in [0.1, 0.15) is 0 Å². The maximum atomic E-state index is 2.43. The van der Waals surface area contributed by atoms with Crippen molar-refractivity contribution in [3.05, 3.63) is 0 Å². The van der Waals surface area contributed by atoms with Gasteiger partial charge in [-0.2, -0.15) is 0 Å². The molecule has 0 aromatic rings. The molecule has 0 radical (unpaired) electrons. The predicted octanol–water partition coefficient (Wildman–Crippen LogP) is 3.86. The van der Waals surface area contributed by atoms with Crippen molar-refractivity contribution in [3.63, 3.8) is 0 Å². The Balaban J connectivity index is 0.000000605. The Labute approximate surface area is 71.4 Å². The summed E-state index contributed by atoms with van der Waals surface area (Å²) in [6.07, 6.45) is 7.67. The van der Waals surface area contributed by atoms with E-state index in [1.165, 1.54) is 12.8 Å². The summed E-state index contributed by atoms with van der Waals surface area (Å²) < 4.78 is 0. The lowest BCUT2D eigenvalue weighted by Gasteiger charge is -2.32. The first-order valence-corrected chi connectivity index (χ1v) is 4.72. The standard InChI is InChI=1S/C10H18.CH4/c1-8-3-4-10(5-6-10)7-9(8)2;/h8-9H,3-7H2,1-2H3;1H4. The lowest BCUT2D eigenvalue weighted by molar-refractivity contribution is 0.192. The molecule has 0 amide bonds. The van der Waals surface area contributed by atoms with E-state index in [-0.39, 0.29) is 7.43 Å². The van der Waals surface area contributed by atoms with Gasteiger partial charge in [-0.1, -0.05) is 21.3 Å². The normalized spacial score (nSPS) is 39.8. The lowest BCUT2D eigenvalue weighted by atomic mass is 9.74. The fraction of sp³-hybridized carbons (Fsp3) is 1.00. The van der Waals surface area contributed by atoms with E-state index < -0.39 is 0 Å². The summed E-state index contributed by atoms with van der Waals surface area (Å²) in [6, 6.07) is 0. The van der Waals surface area contributed by atoms with Crippen LogP contribution in [0.1, 0.15) is 53.4 Å². The fourth-order valence-electron chi connectivity index (χ4n) is 2.44. The molecule has 0 heteroatoms. The third-order valence-electron chi connectivity index (χ3n) is 3.81. The minimum atomic E-state index is 0. The Kier molecular flexibility index (Phi) is 2.32. The molecule has 1 spiro atoms. The van der Waals surface area contributed by atoms with Crippen LogP contribution in [-0.2, 0) is 0 Å². The van der Waals surface area contributed by atoms with E-state index in [0.29, 0.717) is 0 Å². The molecule has 66 valence electrons. The molecule has 2 fully saturated rings. The molecule has 2 saturated carbocycles. The zero-order valence-electron chi connectivity index (χ0n) is 7.19. The zero-order chi connectivity index (χ0) is 7.19. The van der Waals surface area contributed by atoms with Crippen LogP contribution in [0.3, 0.4) is 0 Å². The molecule has 0 aliphatic heterocycles. The molecule has 2 aliphatic rings. The molecule has 0 nitrogen and oxygen atoms in total. The molecule has 2 atom stereocenters. The molecule has 2 rings (SSSR count). The van der Waals surface area contributed by atoms with Crippen molar-refractivity contribution < 1.29 is 0 Å². The Morgan fingerprint density at radius 3 is 2.09 bits per heavy atom.